The number of rotatable bonds is 4. The number of para-hydroxylation sites is 1. The van der Waals surface area contributed by atoms with Crippen LogP contribution in [0.5, 0.6) is 0 Å². The molecule has 0 spiro atoms. The number of carbonyl (C=O) groups excluding carboxylic acids is 1. The predicted molar refractivity (Wildman–Crippen MR) is 82.1 cm³/mol. The molecule has 1 aliphatic rings. The number of hydrogen-bond acceptors (Lipinski definition) is 2. The van der Waals surface area contributed by atoms with Gasteiger partial charge in [0.15, 0.2) is 0 Å². The van der Waals surface area contributed by atoms with Crippen LogP contribution in [0.2, 0.25) is 0 Å². The number of halogens is 1. The Morgan fingerprint density at radius 1 is 1.21 bits per heavy atom. The highest BCUT2D eigenvalue weighted by Crippen LogP contribution is 2.62. The van der Waals surface area contributed by atoms with Crippen molar-refractivity contribution in [2.75, 3.05) is 11.9 Å². The van der Waals surface area contributed by atoms with E-state index >= 15 is 0 Å². The Kier molecular flexibility index (Phi) is 3.76. The molecule has 0 saturated heterocycles. The van der Waals surface area contributed by atoms with Gasteiger partial charge in [0.25, 0.3) is 0 Å². The lowest BCUT2D eigenvalue weighted by Crippen LogP contribution is -2.32. The summed E-state index contributed by atoms with van der Waals surface area (Å²) in [6.07, 6.45) is 0. The fourth-order valence-electron chi connectivity index (χ4n) is 2.66. The number of amides is 1. The summed E-state index contributed by atoms with van der Waals surface area (Å²) < 4.78 is 0.899. The van der Waals surface area contributed by atoms with E-state index in [0.29, 0.717) is 12.6 Å². The van der Waals surface area contributed by atoms with Crippen LogP contribution in [-0.2, 0) is 4.79 Å². The van der Waals surface area contributed by atoms with E-state index in [1.54, 1.807) is 0 Å². The number of hydrogen-bond donors (Lipinski definition) is 2. The smallest absolute Gasteiger partial charge is 0.238 e. The van der Waals surface area contributed by atoms with Crippen LogP contribution in [0, 0.1) is 10.8 Å². The summed E-state index contributed by atoms with van der Waals surface area (Å²) in [4.78, 5) is 11.9. The Hall–Kier alpha value is -0.870. The second kappa shape index (κ2) is 4.91. The average Bonchev–Trinajstić information content (AvgIpc) is 2.70. The number of anilines is 1. The van der Waals surface area contributed by atoms with Crippen molar-refractivity contribution in [3.8, 4) is 0 Å². The molecule has 4 heteroatoms. The van der Waals surface area contributed by atoms with Crippen molar-refractivity contribution in [1.29, 1.82) is 0 Å². The summed E-state index contributed by atoms with van der Waals surface area (Å²) in [6, 6.07) is 8.02. The van der Waals surface area contributed by atoms with Gasteiger partial charge in [0.05, 0.1) is 12.2 Å². The van der Waals surface area contributed by atoms with E-state index in [1.165, 1.54) is 0 Å². The summed E-state index contributed by atoms with van der Waals surface area (Å²) in [7, 11) is 0. The molecule has 0 unspecified atom stereocenters. The molecule has 0 atom stereocenters. The highest BCUT2D eigenvalue weighted by molar-refractivity contribution is 9.10. The number of benzene rings is 1. The monoisotopic (exact) mass is 324 g/mol. The summed E-state index contributed by atoms with van der Waals surface area (Å²) >= 11 is 3.42. The Morgan fingerprint density at radius 3 is 2.32 bits per heavy atom. The molecule has 1 saturated carbocycles. The van der Waals surface area contributed by atoms with Crippen LogP contribution < -0.4 is 10.6 Å². The van der Waals surface area contributed by atoms with Crippen molar-refractivity contribution in [2.24, 2.45) is 10.8 Å². The van der Waals surface area contributed by atoms with E-state index in [1.807, 2.05) is 24.3 Å². The van der Waals surface area contributed by atoms with Gasteiger partial charge in [-0.15, -0.1) is 0 Å². The van der Waals surface area contributed by atoms with Crippen molar-refractivity contribution >= 4 is 27.5 Å². The van der Waals surface area contributed by atoms with Gasteiger partial charge in [0.2, 0.25) is 5.91 Å². The zero-order valence-corrected chi connectivity index (χ0v) is 13.5. The predicted octanol–water partition coefficient (Wildman–Crippen LogP) is 3.41. The summed E-state index contributed by atoms with van der Waals surface area (Å²) in [5, 5.41) is 6.25. The summed E-state index contributed by atoms with van der Waals surface area (Å²) in [6.45, 7) is 9.28. The SMILES string of the molecule is CC1(C)C(NCC(=O)Nc2ccccc2Br)C1(C)C. The lowest BCUT2D eigenvalue weighted by Gasteiger charge is -2.09. The minimum Gasteiger partial charge on any atom is -0.324 e. The van der Waals surface area contributed by atoms with Gasteiger partial charge in [0.1, 0.15) is 0 Å². The van der Waals surface area contributed by atoms with Crippen LogP contribution in [0.4, 0.5) is 5.69 Å². The highest BCUT2D eigenvalue weighted by atomic mass is 79.9. The van der Waals surface area contributed by atoms with E-state index in [4.69, 9.17) is 0 Å². The Labute approximate surface area is 123 Å². The maximum atomic E-state index is 11.9. The third-order valence-corrected chi connectivity index (χ3v) is 5.33. The maximum Gasteiger partial charge on any atom is 0.238 e. The Balaban J connectivity index is 1.86. The molecule has 0 radical (unpaired) electrons. The molecular weight excluding hydrogens is 304 g/mol. The van der Waals surface area contributed by atoms with Crippen molar-refractivity contribution < 1.29 is 4.79 Å². The molecule has 1 aromatic rings. The van der Waals surface area contributed by atoms with Gasteiger partial charge >= 0.3 is 0 Å². The molecule has 1 fully saturated rings. The van der Waals surface area contributed by atoms with Gasteiger partial charge in [-0.1, -0.05) is 39.8 Å². The molecule has 104 valence electrons. The van der Waals surface area contributed by atoms with Crippen molar-refractivity contribution in [1.82, 2.24) is 5.32 Å². The van der Waals surface area contributed by atoms with Gasteiger partial charge in [0, 0.05) is 10.5 Å². The average molecular weight is 325 g/mol. The first-order chi connectivity index (χ1) is 8.76. The van der Waals surface area contributed by atoms with Gasteiger partial charge in [-0.05, 0) is 38.9 Å². The van der Waals surface area contributed by atoms with Gasteiger partial charge in [-0.25, -0.2) is 0 Å². The minimum atomic E-state index is -0.00889. The molecular formula is C15H21BrN2O. The summed E-state index contributed by atoms with van der Waals surface area (Å²) in [5.41, 5.74) is 1.31. The first-order valence-corrected chi connectivity index (χ1v) is 7.34. The van der Waals surface area contributed by atoms with Crippen molar-refractivity contribution in [3.63, 3.8) is 0 Å². The molecule has 1 amide bonds. The van der Waals surface area contributed by atoms with Crippen LogP contribution in [-0.4, -0.2) is 18.5 Å². The topological polar surface area (TPSA) is 41.1 Å². The fraction of sp³-hybridized carbons (Fsp3) is 0.533. The molecule has 2 rings (SSSR count). The first-order valence-electron chi connectivity index (χ1n) is 6.54. The van der Waals surface area contributed by atoms with E-state index in [-0.39, 0.29) is 16.7 Å². The second-order valence-corrected chi connectivity index (χ2v) is 7.14. The molecule has 2 N–H and O–H groups in total. The summed E-state index contributed by atoms with van der Waals surface area (Å²) in [5.74, 6) is -0.00889. The van der Waals surface area contributed by atoms with Gasteiger partial charge < -0.3 is 10.6 Å². The molecule has 19 heavy (non-hydrogen) atoms. The van der Waals surface area contributed by atoms with Crippen LogP contribution in [0.3, 0.4) is 0 Å². The number of nitrogens with one attached hydrogen (secondary N) is 2. The van der Waals surface area contributed by atoms with Crippen LogP contribution >= 0.6 is 15.9 Å². The lowest BCUT2D eigenvalue weighted by molar-refractivity contribution is -0.115. The van der Waals surface area contributed by atoms with Crippen LogP contribution in [0.1, 0.15) is 27.7 Å². The van der Waals surface area contributed by atoms with Crippen LogP contribution in [0.15, 0.2) is 28.7 Å². The molecule has 0 aliphatic heterocycles. The molecule has 3 nitrogen and oxygen atoms in total. The Bertz CT molecular complexity index is 483. The van der Waals surface area contributed by atoms with Gasteiger partial charge in [-0.2, -0.15) is 0 Å². The quantitative estimate of drug-likeness (QED) is 0.891. The van der Waals surface area contributed by atoms with E-state index in [2.05, 4.69) is 54.3 Å². The molecule has 1 aliphatic carbocycles. The maximum absolute atomic E-state index is 11.9. The van der Waals surface area contributed by atoms with E-state index < -0.39 is 0 Å². The van der Waals surface area contributed by atoms with Crippen molar-refractivity contribution in [2.45, 2.75) is 33.7 Å². The van der Waals surface area contributed by atoms with Crippen LogP contribution in [0.25, 0.3) is 0 Å². The zero-order chi connectivity index (χ0) is 14.3. The minimum absolute atomic E-state index is 0.00889. The fourth-order valence-corrected chi connectivity index (χ4v) is 3.04. The van der Waals surface area contributed by atoms with Gasteiger partial charge in [-0.3, -0.25) is 4.79 Å². The second-order valence-electron chi connectivity index (χ2n) is 6.29. The normalized spacial score (nSPS) is 20.1. The third-order valence-electron chi connectivity index (χ3n) is 4.64. The lowest BCUT2D eigenvalue weighted by atomic mass is 10.0. The zero-order valence-electron chi connectivity index (χ0n) is 11.9. The molecule has 0 heterocycles. The standard InChI is InChI=1S/C15H21BrN2O/c1-14(2)13(15(14,3)4)17-9-12(19)18-11-8-6-5-7-10(11)16/h5-8,13,17H,9H2,1-4H3,(H,18,19). The molecule has 1 aromatic carbocycles. The Morgan fingerprint density at radius 2 is 1.79 bits per heavy atom. The number of carbonyl (C=O) groups is 1. The molecule has 0 bridgehead atoms. The van der Waals surface area contributed by atoms with E-state index in [9.17, 15) is 4.79 Å². The van der Waals surface area contributed by atoms with Crippen molar-refractivity contribution in [3.05, 3.63) is 28.7 Å². The van der Waals surface area contributed by atoms with E-state index in [0.717, 1.165) is 10.2 Å². The third kappa shape index (κ3) is 2.70. The molecule has 0 aromatic heterocycles. The largest absolute Gasteiger partial charge is 0.324 e. The highest BCUT2D eigenvalue weighted by Gasteiger charge is 2.64. The first kappa shape index (κ1) is 14.5.